The van der Waals surface area contributed by atoms with Gasteiger partial charge in [0.05, 0.1) is 0 Å². The van der Waals surface area contributed by atoms with E-state index in [1.807, 2.05) is 6.07 Å². The first-order chi connectivity index (χ1) is 6.92. The van der Waals surface area contributed by atoms with Crippen LogP contribution < -0.4 is 4.90 Å². The normalized spacial score (nSPS) is 16.2. The van der Waals surface area contributed by atoms with E-state index in [0.29, 0.717) is 0 Å². The molecule has 1 aromatic carbocycles. The van der Waals surface area contributed by atoms with Gasteiger partial charge in [0.15, 0.2) is 0 Å². The third kappa shape index (κ3) is 1.90. The highest BCUT2D eigenvalue weighted by atomic mass is 16.2. The molecule has 1 aliphatic heterocycles. The summed E-state index contributed by atoms with van der Waals surface area (Å²) in [5, 5.41) is 8.97. The fourth-order valence-electron chi connectivity index (χ4n) is 2.11. The van der Waals surface area contributed by atoms with E-state index in [1.165, 1.54) is 37.2 Å². The van der Waals surface area contributed by atoms with Gasteiger partial charge < -0.3 is 10.0 Å². The minimum atomic E-state index is 0.241. The highest BCUT2D eigenvalue weighted by Crippen LogP contribution is 2.24. The number of anilines is 1. The minimum absolute atomic E-state index is 0.241. The van der Waals surface area contributed by atoms with Crippen molar-refractivity contribution in [2.45, 2.75) is 19.3 Å². The van der Waals surface area contributed by atoms with Crippen LogP contribution in [-0.4, -0.2) is 24.8 Å². The molecule has 0 saturated carbocycles. The lowest BCUT2D eigenvalue weighted by molar-refractivity contribution is 0.299. The predicted molar refractivity (Wildman–Crippen MR) is 58.7 cm³/mol. The van der Waals surface area contributed by atoms with Crippen molar-refractivity contribution in [3.8, 4) is 0 Å². The molecule has 0 amide bonds. The van der Waals surface area contributed by atoms with E-state index in [1.54, 1.807) is 0 Å². The highest BCUT2D eigenvalue weighted by molar-refractivity contribution is 5.54. The molecular formula is C12H17NO. The lowest BCUT2D eigenvalue weighted by Gasteiger charge is -2.20. The van der Waals surface area contributed by atoms with Crippen LogP contribution in [0.4, 0.5) is 5.69 Å². The largest absolute Gasteiger partial charge is 0.396 e. The first-order valence-corrected chi connectivity index (χ1v) is 5.35. The van der Waals surface area contributed by atoms with Gasteiger partial charge >= 0.3 is 0 Å². The van der Waals surface area contributed by atoms with E-state index in [0.717, 1.165) is 6.42 Å². The van der Waals surface area contributed by atoms with Crippen molar-refractivity contribution in [1.29, 1.82) is 0 Å². The van der Waals surface area contributed by atoms with Crippen LogP contribution in [0.15, 0.2) is 24.3 Å². The molecule has 1 fully saturated rings. The van der Waals surface area contributed by atoms with Crippen LogP contribution in [0.5, 0.6) is 0 Å². The molecule has 0 aromatic heterocycles. The molecule has 1 saturated heterocycles. The predicted octanol–water partition coefficient (Wildman–Crippen LogP) is 1.82. The molecule has 2 rings (SSSR count). The molecule has 2 heteroatoms. The second-order valence-corrected chi connectivity index (χ2v) is 3.80. The molecule has 1 N–H and O–H groups in total. The van der Waals surface area contributed by atoms with Gasteiger partial charge in [-0.25, -0.2) is 0 Å². The third-order valence-electron chi connectivity index (χ3n) is 2.82. The number of benzene rings is 1. The molecule has 0 radical (unpaired) electrons. The number of rotatable bonds is 3. The highest BCUT2D eigenvalue weighted by Gasteiger charge is 2.14. The van der Waals surface area contributed by atoms with Gasteiger partial charge in [0.1, 0.15) is 0 Å². The van der Waals surface area contributed by atoms with E-state index in [4.69, 9.17) is 5.11 Å². The third-order valence-corrected chi connectivity index (χ3v) is 2.82. The minimum Gasteiger partial charge on any atom is -0.396 e. The van der Waals surface area contributed by atoms with Crippen molar-refractivity contribution in [3.63, 3.8) is 0 Å². The Morgan fingerprint density at radius 1 is 1.14 bits per heavy atom. The molecular weight excluding hydrogens is 174 g/mol. The van der Waals surface area contributed by atoms with Crippen molar-refractivity contribution in [2.75, 3.05) is 24.6 Å². The smallest absolute Gasteiger partial charge is 0.0472 e. The van der Waals surface area contributed by atoms with E-state index < -0.39 is 0 Å². The second-order valence-electron chi connectivity index (χ2n) is 3.80. The zero-order valence-electron chi connectivity index (χ0n) is 8.45. The maximum atomic E-state index is 8.97. The van der Waals surface area contributed by atoms with Gasteiger partial charge in [-0.1, -0.05) is 18.2 Å². The first kappa shape index (κ1) is 9.53. The van der Waals surface area contributed by atoms with Gasteiger partial charge in [0.25, 0.3) is 0 Å². The fraction of sp³-hybridized carbons (Fsp3) is 0.500. The van der Waals surface area contributed by atoms with Crippen LogP contribution in [0.25, 0.3) is 0 Å². The van der Waals surface area contributed by atoms with Crippen molar-refractivity contribution in [3.05, 3.63) is 29.8 Å². The lowest BCUT2D eigenvalue weighted by Crippen LogP contribution is -2.19. The molecule has 1 heterocycles. The summed E-state index contributed by atoms with van der Waals surface area (Å²) < 4.78 is 0. The zero-order chi connectivity index (χ0) is 9.80. The molecule has 1 aliphatic rings. The summed E-state index contributed by atoms with van der Waals surface area (Å²) in [7, 11) is 0. The molecule has 0 bridgehead atoms. The van der Waals surface area contributed by atoms with Crippen molar-refractivity contribution >= 4 is 5.69 Å². The molecule has 1 aromatic rings. The Labute approximate surface area is 85.2 Å². The van der Waals surface area contributed by atoms with E-state index in [-0.39, 0.29) is 6.61 Å². The van der Waals surface area contributed by atoms with Gasteiger partial charge in [-0.3, -0.25) is 0 Å². The van der Waals surface area contributed by atoms with Crippen LogP contribution in [0.3, 0.4) is 0 Å². The van der Waals surface area contributed by atoms with Gasteiger partial charge in [-0.15, -0.1) is 0 Å². The Morgan fingerprint density at radius 2 is 1.86 bits per heavy atom. The average molecular weight is 191 g/mol. The number of para-hydroxylation sites is 1. The SMILES string of the molecule is OCCc1ccccc1N1CCCC1. The monoisotopic (exact) mass is 191 g/mol. The molecule has 14 heavy (non-hydrogen) atoms. The van der Waals surface area contributed by atoms with Crippen molar-refractivity contribution in [1.82, 2.24) is 0 Å². The average Bonchev–Trinajstić information content (AvgIpc) is 2.72. The molecule has 2 nitrogen and oxygen atoms in total. The van der Waals surface area contributed by atoms with Gasteiger partial charge in [0.2, 0.25) is 0 Å². The number of hydrogen-bond acceptors (Lipinski definition) is 2. The fourth-order valence-corrected chi connectivity index (χ4v) is 2.11. The second kappa shape index (κ2) is 4.47. The first-order valence-electron chi connectivity index (χ1n) is 5.35. The van der Waals surface area contributed by atoms with Crippen molar-refractivity contribution in [2.24, 2.45) is 0 Å². The molecule has 0 unspecified atom stereocenters. The Kier molecular flexibility index (Phi) is 3.04. The van der Waals surface area contributed by atoms with Crippen LogP contribution >= 0.6 is 0 Å². The maximum Gasteiger partial charge on any atom is 0.0472 e. The Bertz CT molecular complexity index is 292. The Morgan fingerprint density at radius 3 is 2.57 bits per heavy atom. The van der Waals surface area contributed by atoms with E-state index in [9.17, 15) is 0 Å². The van der Waals surface area contributed by atoms with Crippen LogP contribution in [0.2, 0.25) is 0 Å². The number of aliphatic hydroxyl groups excluding tert-OH is 1. The van der Waals surface area contributed by atoms with E-state index >= 15 is 0 Å². The quantitative estimate of drug-likeness (QED) is 0.787. The van der Waals surface area contributed by atoms with Crippen LogP contribution in [0, 0.1) is 0 Å². The number of hydrogen-bond donors (Lipinski definition) is 1. The molecule has 0 spiro atoms. The van der Waals surface area contributed by atoms with Gasteiger partial charge in [-0.2, -0.15) is 0 Å². The topological polar surface area (TPSA) is 23.5 Å². The Hall–Kier alpha value is -1.02. The maximum absolute atomic E-state index is 8.97. The van der Waals surface area contributed by atoms with E-state index in [2.05, 4.69) is 23.1 Å². The Balaban J connectivity index is 2.21. The molecule has 76 valence electrons. The summed E-state index contributed by atoms with van der Waals surface area (Å²) in [4.78, 5) is 2.42. The summed E-state index contributed by atoms with van der Waals surface area (Å²) in [6.07, 6.45) is 3.37. The van der Waals surface area contributed by atoms with Crippen LogP contribution in [-0.2, 0) is 6.42 Å². The van der Waals surface area contributed by atoms with Gasteiger partial charge in [0, 0.05) is 25.4 Å². The lowest BCUT2D eigenvalue weighted by atomic mass is 10.1. The molecule has 0 aliphatic carbocycles. The summed E-state index contributed by atoms with van der Waals surface area (Å²) in [5.74, 6) is 0. The zero-order valence-corrected chi connectivity index (χ0v) is 8.45. The summed E-state index contributed by atoms with van der Waals surface area (Å²) in [6.45, 7) is 2.58. The summed E-state index contributed by atoms with van der Waals surface area (Å²) >= 11 is 0. The molecule has 0 atom stereocenters. The number of aliphatic hydroxyl groups is 1. The van der Waals surface area contributed by atoms with Crippen LogP contribution in [0.1, 0.15) is 18.4 Å². The number of nitrogens with zero attached hydrogens (tertiary/aromatic N) is 1. The summed E-state index contributed by atoms with van der Waals surface area (Å²) in [5.41, 5.74) is 2.59. The van der Waals surface area contributed by atoms with Crippen molar-refractivity contribution < 1.29 is 5.11 Å². The standard InChI is InChI=1S/C12H17NO/c14-10-7-11-5-1-2-6-12(11)13-8-3-4-9-13/h1-2,5-6,14H,3-4,7-10H2. The summed E-state index contributed by atoms with van der Waals surface area (Å²) in [6, 6.07) is 8.40. The van der Waals surface area contributed by atoms with Gasteiger partial charge in [-0.05, 0) is 30.9 Å².